The molecule has 0 radical (unpaired) electrons. The number of aryl methyl sites for hydroxylation is 2. The Morgan fingerprint density at radius 3 is 1.69 bits per heavy atom. The minimum Gasteiger partial charge on any atom is -0.497 e. The van der Waals surface area contributed by atoms with E-state index < -0.39 is 11.2 Å². The van der Waals surface area contributed by atoms with Crippen LogP contribution < -0.4 is 35.4 Å². The number of nitrogens with one attached hydrogen (secondary N) is 2. The maximum Gasteiger partial charge on any atom is 0.287 e. The highest BCUT2D eigenvalue weighted by atomic mass is 79.9. The van der Waals surface area contributed by atoms with Crippen molar-refractivity contribution < 1.29 is 29.2 Å². The van der Waals surface area contributed by atoms with E-state index in [9.17, 15) is 19.8 Å². The lowest BCUT2D eigenvalue weighted by Gasteiger charge is -2.19. The zero-order valence-electron chi connectivity index (χ0n) is 38.8. The van der Waals surface area contributed by atoms with Crippen molar-refractivity contribution in [2.24, 2.45) is 0 Å². The summed E-state index contributed by atoms with van der Waals surface area (Å²) in [7, 11) is 5.21. The SMILES string of the molecule is CCCCNC.COc1ccc(Sc2ncc[nH]c2=O)cc1.COc1ccc(Sc2nccn(-c3ccc(OCC(C)(C)O)c(C)c3)c2=O)cc1.Cc1cc(Br)ccc1OCC(C)(C)O. The summed E-state index contributed by atoms with van der Waals surface area (Å²) in [6.07, 6.45) is 8.93. The number of H-pyrrole nitrogens is 1. The van der Waals surface area contributed by atoms with E-state index in [1.165, 1.54) is 42.6 Å². The first kappa shape index (κ1) is 54.2. The van der Waals surface area contributed by atoms with Crippen LogP contribution in [0, 0.1) is 13.8 Å². The molecule has 0 aliphatic rings. The predicted octanol–water partition coefficient (Wildman–Crippen LogP) is 9.69. The van der Waals surface area contributed by atoms with Crippen LogP contribution in [0.3, 0.4) is 0 Å². The number of benzene rings is 4. The number of methoxy groups -OCH3 is 2. The van der Waals surface area contributed by atoms with Crippen molar-refractivity contribution in [2.75, 3.05) is 41.0 Å². The minimum absolute atomic E-state index is 0.177. The fourth-order valence-corrected chi connectivity index (χ4v) is 7.20. The van der Waals surface area contributed by atoms with Crippen molar-refractivity contribution in [2.45, 2.75) is 92.4 Å². The maximum absolute atomic E-state index is 12.9. The van der Waals surface area contributed by atoms with Crippen LogP contribution in [0.25, 0.3) is 5.69 Å². The van der Waals surface area contributed by atoms with Crippen molar-refractivity contribution >= 4 is 39.5 Å². The van der Waals surface area contributed by atoms with Gasteiger partial charge in [0, 0.05) is 44.7 Å². The third-order valence-corrected chi connectivity index (χ3v) is 11.0. The van der Waals surface area contributed by atoms with E-state index in [4.69, 9.17) is 18.9 Å². The normalized spacial score (nSPS) is 10.8. The highest BCUT2D eigenvalue weighted by Gasteiger charge is 2.16. The van der Waals surface area contributed by atoms with E-state index in [0.29, 0.717) is 22.4 Å². The molecule has 6 aromatic rings. The van der Waals surface area contributed by atoms with Gasteiger partial charge in [-0.3, -0.25) is 14.2 Å². The fraction of sp³-hybridized carbons (Fsp3) is 0.347. The molecule has 4 N–H and O–H groups in total. The van der Waals surface area contributed by atoms with Crippen molar-refractivity contribution in [1.82, 2.24) is 24.8 Å². The summed E-state index contributed by atoms with van der Waals surface area (Å²) in [6, 6.07) is 26.2. The summed E-state index contributed by atoms with van der Waals surface area (Å²) in [6.45, 7) is 14.5. The molecular weight excluding hydrogens is 931 g/mol. The molecule has 0 amide bonds. The summed E-state index contributed by atoms with van der Waals surface area (Å²) in [5.41, 5.74) is 0.576. The predicted molar refractivity (Wildman–Crippen MR) is 265 cm³/mol. The number of nitrogens with zero attached hydrogens (tertiary/aromatic N) is 3. The number of unbranched alkanes of at least 4 members (excludes halogenated alkanes) is 1. The van der Waals surface area contributed by atoms with Crippen molar-refractivity contribution in [3.63, 3.8) is 0 Å². The van der Waals surface area contributed by atoms with Crippen LogP contribution in [0.1, 0.15) is 58.6 Å². The van der Waals surface area contributed by atoms with Crippen molar-refractivity contribution in [3.8, 4) is 28.7 Å². The Kier molecular flexibility index (Phi) is 22.9. The average Bonchev–Trinajstić information content (AvgIpc) is 3.27. The number of aromatic amines is 1. The second-order valence-corrected chi connectivity index (χ2v) is 18.7. The van der Waals surface area contributed by atoms with Gasteiger partial charge in [-0.25, -0.2) is 9.97 Å². The molecule has 2 heterocycles. The summed E-state index contributed by atoms with van der Waals surface area (Å²) in [5.74, 6) is 3.04. The number of hydrogen-bond acceptors (Lipinski definition) is 13. The second kappa shape index (κ2) is 27.4. The van der Waals surface area contributed by atoms with E-state index in [2.05, 4.69) is 43.1 Å². The molecule has 0 spiro atoms. The average molecular weight is 993 g/mol. The molecule has 4 aromatic carbocycles. The molecular formula is C49H62BrN5O8S2. The lowest BCUT2D eigenvalue weighted by Crippen LogP contribution is -2.28. The Labute approximate surface area is 399 Å². The van der Waals surface area contributed by atoms with Gasteiger partial charge < -0.3 is 39.5 Å². The van der Waals surface area contributed by atoms with Crippen LogP contribution in [-0.4, -0.2) is 82.0 Å². The smallest absolute Gasteiger partial charge is 0.287 e. The van der Waals surface area contributed by atoms with Gasteiger partial charge in [0.15, 0.2) is 10.1 Å². The van der Waals surface area contributed by atoms with E-state index in [0.717, 1.165) is 54.9 Å². The Balaban J connectivity index is 0.000000263. The molecule has 65 heavy (non-hydrogen) atoms. The summed E-state index contributed by atoms with van der Waals surface area (Å²) in [4.78, 5) is 37.0. The lowest BCUT2D eigenvalue weighted by atomic mass is 10.1. The first-order chi connectivity index (χ1) is 30.9. The monoisotopic (exact) mass is 991 g/mol. The van der Waals surface area contributed by atoms with Crippen LogP contribution in [-0.2, 0) is 0 Å². The molecule has 350 valence electrons. The first-order valence-corrected chi connectivity index (χ1v) is 23.3. The number of ether oxygens (including phenoxy) is 4. The zero-order valence-corrected chi connectivity index (χ0v) is 42.0. The molecule has 0 aliphatic heterocycles. The third-order valence-electron chi connectivity index (χ3n) is 8.55. The van der Waals surface area contributed by atoms with Crippen molar-refractivity contribution in [3.05, 3.63) is 146 Å². The van der Waals surface area contributed by atoms with Gasteiger partial charge in [0.2, 0.25) is 0 Å². The van der Waals surface area contributed by atoms with Gasteiger partial charge in [-0.05, 0) is 158 Å². The van der Waals surface area contributed by atoms with Gasteiger partial charge in [0.1, 0.15) is 36.2 Å². The number of rotatable bonds is 16. The van der Waals surface area contributed by atoms with Crippen LogP contribution in [0.15, 0.2) is 144 Å². The first-order valence-electron chi connectivity index (χ1n) is 20.8. The molecule has 0 bridgehead atoms. The van der Waals surface area contributed by atoms with E-state index in [1.807, 2.05) is 99.8 Å². The van der Waals surface area contributed by atoms with Crippen LogP contribution in [0.4, 0.5) is 0 Å². The topological polar surface area (TPSA) is 170 Å². The van der Waals surface area contributed by atoms with Gasteiger partial charge in [-0.1, -0.05) is 52.8 Å². The molecule has 0 fully saturated rings. The quantitative estimate of drug-likeness (QED) is 0.0677. The number of aliphatic hydroxyl groups is 2. The standard InChI is InChI=1S/C22H24N2O4S.C11H15BrO2.C11H10N2O2S.C5H13N/c1-15-13-16(5-10-19(15)28-14-22(2,3)26)24-12-11-23-20(21(24)25)29-18-8-6-17(27-4)7-9-18;1-8-6-9(12)4-5-10(8)14-7-11(2,3)13;1-15-8-2-4-9(5-3-8)16-11-10(14)12-6-7-13-11;1-3-4-5-6-2/h5-13,26H,14H2,1-4H3;4-6,13H,7H2,1-3H3;2-7H,1H3,(H,12,14);6H,3-5H2,1-2H3. The number of hydrogen-bond donors (Lipinski definition) is 4. The summed E-state index contributed by atoms with van der Waals surface area (Å²) in [5, 5.41) is 23.2. The molecule has 0 atom stereocenters. The maximum atomic E-state index is 12.9. The fourth-order valence-electron chi connectivity index (χ4n) is 5.17. The van der Waals surface area contributed by atoms with Gasteiger partial charge in [0.05, 0.1) is 25.4 Å². The molecule has 2 aromatic heterocycles. The zero-order chi connectivity index (χ0) is 48.0. The second-order valence-electron chi connectivity index (χ2n) is 15.7. The molecule has 0 saturated carbocycles. The Bertz CT molecular complexity index is 2450. The highest BCUT2D eigenvalue weighted by molar-refractivity contribution is 9.10. The van der Waals surface area contributed by atoms with E-state index in [1.54, 1.807) is 71.1 Å². The lowest BCUT2D eigenvalue weighted by molar-refractivity contribution is 0.0279. The van der Waals surface area contributed by atoms with Gasteiger partial charge in [0.25, 0.3) is 11.1 Å². The van der Waals surface area contributed by atoms with E-state index in [-0.39, 0.29) is 17.7 Å². The highest BCUT2D eigenvalue weighted by Crippen LogP contribution is 2.28. The molecule has 6 rings (SSSR count). The third kappa shape index (κ3) is 20.3. The van der Waals surface area contributed by atoms with E-state index >= 15 is 0 Å². The number of halogens is 1. The molecule has 0 saturated heterocycles. The Morgan fingerprint density at radius 2 is 1.25 bits per heavy atom. The van der Waals surface area contributed by atoms with Crippen LogP contribution >= 0.6 is 39.5 Å². The molecule has 16 heteroatoms. The van der Waals surface area contributed by atoms with Gasteiger partial charge in [-0.2, -0.15) is 0 Å². The van der Waals surface area contributed by atoms with Gasteiger partial charge in [-0.15, -0.1) is 0 Å². The molecule has 0 aliphatic carbocycles. The summed E-state index contributed by atoms with van der Waals surface area (Å²) < 4.78 is 24.0. The number of aromatic nitrogens is 4. The molecule has 0 unspecified atom stereocenters. The summed E-state index contributed by atoms with van der Waals surface area (Å²) >= 11 is 6.01. The van der Waals surface area contributed by atoms with Gasteiger partial charge >= 0.3 is 0 Å². The minimum atomic E-state index is -0.916. The van der Waals surface area contributed by atoms with Crippen LogP contribution in [0.2, 0.25) is 0 Å². The van der Waals surface area contributed by atoms with Crippen LogP contribution in [0.5, 0.6) is 23.0 Å². The Morgan fingerprint density at radius 1 is 0.738 bits per heavy atom. The molecule has 13 nitrogen and oxygen atoms in total. The Hall–Kier alpha value is -5.10. The largest absolute Gasteiger partial charge is 0.497 e. The van der Waals surface area contributed by atoms with Crippen molar-refractivity contribution in [1.29, 1.82) is 0 Å².